The number of benzene rings is 1. The maximum Gasteiger partial charge on any atom is 0.195 e. The number of oxime groups is 1. The lowest BCUT2D eigenvalue weighted by molar-refractivity contribution is 0.212. The van der Waals surface area contributed by atoms with Crippen LogP contribution < -0.4 is 10.6 Å². The second-order valence-corrected chi connectivity index (χ2v) is 4.73. The summed E-state index contributed by atoms with van der Waals surface area (Å²) in [7, 11) is 1.60. The van der Waals surface area contributed by atoms with E-state index in [2.05, 4.69) is 39.0 Å². The van der Waals surface area contributed by atoms with Crippen molar-refractivity contribution in [1.82, 2.24) is 5.32 Å². The molecule has 19 heavy (non-hydrogen) atoms. The molecule has 5 nitrogen and oxygen atoms in total. The Morgan fingerprint density at radius 3 is 3.11 bits per heavy atom. The van der Waals surface area contributed by atoms with Crippen molar-refractivity contribution in [1.29, 1.82) is 0 Å². The molecule has 1 heterocycles. The molecule has 0 spiro atoms. The van der Waals surface area contributed by atoms with Crippen molar-refractivity contribution < 1.29 is 4.84 Å². The third-order valence-corrected chi connectivity index (χ3v) is 3.42. The third-order valence-electron chi connectivity index (χ3n) is 3.42. The molecular formula is C14H18N4O. The van der Waals surface area contributed by atoms with Crippen LogP contribution in [0.15, 0.2) is 28.3 Å². The van der Waals surface area contributed by atoms with Gasteiger partial charge in [-0.25, -0.2) is 0 Å². The van der Waals surface area contributed by atoms with Crippen LogP contribution in [-0.2, 0) is 11.3 Å². The predicted octanol–water partition coefficient (Wildman–Crippen LogP) is 1.74. The summed E-state index contributed by atoms with van der Waals surface area (Å²) >= 11 is 0. The minimum Gasteiger partial charge on any atom is -0.399 e. The molecule has 1 aliphatic heterocycles. The summed E-state index contributed by atoms with van der Waals surface area (Å²) in [6.07, 6.45) is 3.22. The number of guanidine groups is 1. The number of anilines is 1. The Kier molecular flexibility index (Phi) is 3.35. The summed E-state index contributed by atoms with van der Waals surface area (Å²) < 4.78 is 0. The molecule has 0 saturated heterocycles. The summed E-state index contributed by atoms with van der Waals surface area (Å²) in [5.41, 5.74) is 4.61. The molecular weight excluding hydrogens is 240 g/mol. The molecule has 0 radical (unpaired) electrons. The average molecular weight is 258 g/mol. The fourth-order valence-electron chi connectivity index (χ4n) is 2.55. The van der Waals surface area contributed by atoms with Crippen LogP contribution in [0.1, 0.15) is 24.0 Å². The van der Waals surface area contributed by atoms with Crippen molar-refractivity contribution in [3.63, 3.8) is 0 Å². The van der Waals surface area contributed by atoms with Gasteiger partial charge in [0.1, 0.15) is 7.11 Å². The molecule has 0 bridgehead atoms. The highest BCUT2D eigenvalue weighted by atomic mass is 16.6. The van der Waals surface area contributed by atoms with Crippen LogP contribution in [0.25, 0.3) is 0 Å². The van der Waals surface area contributed by atoms with Crippen LogP contribution in [0, 0.1) is 0 Å². The SMILES string of the molecule is CON=C1CCCc2ccc(NC3=NCCN3)cc21. The standard InChI is InChI=1S/C14H18N4O/c1-19-18-13-4-2-3-10-5-6-11(9-12(10)13)17-14-15-7-8-16-14/h5-6,9H,2-4,7-8H2,1H3,(H2,15,16,17). The lowest BCUT2D eigenvalue weighted by atomic mass is 9.90. The van der Waals surface area contributed by atoms with Gasteiger partial charge in [0.05, 0.1) is 12.3 Å². The van der Waals surface area contributed by atoms with E-state index in [-0.39, 0.29) is 0 Å². The summed E-state index contributed by atoms with van der Waals surface area (Å²) in [4.78, 5) is 9.28. The van der Waals surface area contributed by atoms with E-state index in [1.165, 1.54) is 11.1 Å². The highest BCUT2D eigenvalue weighted by Gasteiger charge is 2.17. The molecule has 0 aromatic heterocycles. The summed E-state index contributed by atoms with van der Waals surface area (Å²) in [6.45, 7) is 1.74. The van der Waals surface area contributed by atoms with Gasteiger partial charge < -0.3 is 15.5 Å². The summed E-state index contributed by atoms with van der Waals surface area (Å²) in [5.74, 6) is 0.848. The van der Waals surface area contributed by atoms with Gasteiger partial charge in [-0.05, 0) is 37.0 Å². The molecule has 2 N–H and O–H groups in total. The van der Waals surface area contributed by atoms with Gasteiger partial charge in [-0.2, -0.15) is 0 Å². The minimum absolute atomic E-state index is 0.837. The van der Waals surface area contributed by atoms with Crippen molar-refractivity contribution in [2.45, 2.75) is 19.3 Å². The second kappa shape index (κ2) is 5.30. The highest BCUT2D eigenvalue weighted by Crippen LogP contribution is 2.25. The first-order chi connectivity index (χ1) is 9.36. The molecule has 2 aliphatic rings. The molecule has 0 unspecified atom stereocenters. The van der Waals surface area contributed by atoms with E-state index < -0.39 is 0 Å². The van der Waals surface area contributed by atoms with E-state index in [0.717, 1.165) is 49.7 Å². The molecule has 1 aliphatic carbocycles. The zero-order chi connectivity index (χ0) is 13.1. The highest BCUT2D eigenvalue weighted by molar-refractivity contribution is 6.04. The molecule has 0 saturated carbocycles. The van der Waals surface area contributed by atoms with Crippen molar-refractivity contribution in [2.75, 3.05) is 25.5 Å². The smallest absolute Gasteiger partial charge is 0.195 e. The molecule has 100 valence electrons. The van der Waals surface area contributed by atoms with Crippen LogP contribution in [0.3, 0.4) is 0 Å². The van der Waals surface area contributed by atoms with Crippen LogP contribution in [-0.4, -0.2) is 31.9 Å². The molecule has 5 heteroatoms. The zero-order valence-corrected chi connectivity index (χ0v) is 11.1. The zero-order valence-electron chi connectivity index (χ0n) is 11.1. The fourth-order valence-corrected chi connectivity index (χ4v) is 2.55. The van der Waals surface area contributed by atoms with Gasteiger partial charge in [0.2, 0.25) is 0 Å². The Hall–Kier alpha value is -2.04. The first kappa shape index (κ1) is 12.0. The molecule has 3 rings (SSSR count). The summed E-state index contributed by atoms with van der Waals surface area (Å²) in [6, 6.07) is 6.39. The lowest BCUT2D eigenvalue weighted by Gasteiger charge is -2.18. The average Bonchev–Trinajstić information content (AvgIpc) is 2.93. The molecule has 1 aromatic rings. The Labute approximate surface area is 112 Å². The van der Waals surface area contributed by atoms with Gasteiger partial charge in [-0.15, -0.1) is 0 Å². The second-order valence-electron chi connectivity index (χ2n) is 4.73. The number of hydrogen-bond acceptors (Lipinski definition) is 5. The van der Waals surface area contributed by atoms with E-state index in [1.807, 2.05) is 0 Å². The van der Waals surface area contributed by atoms with Gasteiger partial charge in [0, 0.05) is 17.8 Å². The van der Waals surface area contributed by atoms with Crippen molar-refractivity contribution >= 4 is 17.4 Å². The molecule has 1 aromatic carbocycles. The van der Waals surface area contributed by atoms with E-state index in [1.54, 1.807) is 7.11 Å². The van der Waals surface area contributed by atoms with E-state index >= 15 is 0 Å². The van der Waals surface area contributed by atoms with Crippen molar-refractivity contribution in [2.24, 2.45) is 10.1 Å². The van der Waals surface area contributed by atoms with E-state index in [4.69, 9.17) is 4.84 Å². The Bertz CT molecular complexity index is 536. The first-order valence-electron chi connectivity index (χ1n) is 6.65. The summed E-state index contributed by atoms with van der Waals surface area (Å²) in [5, 5.41) is 10.6. The third kappa shape index (κ3) is 2.54. The lowest BCUT2D eigenvalue weighted by Crippen LogP contribution is -2.26. The monoisotopic (exact) mass is 258 g/mol. The van der Waals surface area contributed by atoms with Gasteiger partial charge in [-0.3, -0.25) is 4.99 Å². The quantitative estimate of drug-likeness (QED) is 0.794. The van der Waals surface area contributed by atoms with Crippen LogP contribution in [0.5, 0.6) is 0 Å². The first-order valence-corrected chi connectivity index (χ1v) is 6.65. The number of aryl methyl sites for hydroxylation is 1. The van der Waals surface area contributed by atoms with E-state index in [9.17, 15) is 0 Å². The number of rotatable bonds is 2. The van der Waals surface area contributed by atoms with Crippen LogP contribution in [0.2, 0.25) is 0 Å². The number of nitrogens with one attached hydrogen (secondary N) is 2. The molecule has 0 atom stereocenters. The Morgan fingerprint density at radius 2 is 2.32 bits per heavy atom. The normalized spacial score (nSPS) is 19.6. The van der Waals surface area contributed by atoms with Gasteiger partial charge in [0.25, 0.3) is 0 Å². The topological polar surface area (TPSA) is 58.0 Å². The van der Waals surface area contributed by atoms with Crippen molar-refractivity contribution in [3.8, 4) is 0 Å². The van der Waals surface area contributed by atoms with E-state index in [0.29, 0.717) is 0 Å². The van der Waals surface area contributed by atoms with Crippen LogP contribution in [0.4, 0.5) is 5.69 Å². The van der Waals surface area contributed by atoms with Gasteiger partial charge >= 0.3 is 0 Å². The van der Waals surface area contributed by atoms with Gasteiger partial charge in [-0.1, -0.05) is 11.2 Å². The Balaban J connectivity index is 1.88. The van der Waals surface area contributed by atoms with Crippen LogP contribution >= 0.6 is 0 Å². The maximum atomic E-state index is 4.94. The number of aliphatic imine (C=N–C) groups is 1. The Morgan fingerprint density at radius 1 is 1.37 bits per heavy atom. The van der Waals surface area contributed by atoms with Crippen molar-refractivity contribution in [3.05, 3.63) is 29.3 Å². The fraction of sp³-hybridized carbons (Fsp3) is 0.429. The predicted molar refractivity (Wildman–Crippen MR) is 76.9 cm³/mol. The molecule has 0 amide bonds. The number of nitrogens with zero attached hydrogens (tertiary/aromatic N) is 2. The molecule has 0 fully saturated rings. The number of hydrogen-bond donors (Lipinski definition) is 2. The maximum absolute atomic E-state index is 4.94. The largest absolute Gasteiger partial charge is 0.399 e. The number of fused-ring (bicyclic) bond motifs is 1. The van der Waals surface area contributed by atoms with Gasteiger partial charge in [0.15, 0.2) is 5.96 Å². The minimum atomic E-state index is 0.837.